The molecule has 0 aliphatic carbocycles. The largest absolute Gasteiger partial charge is 0.371 e. The molecule has 1 atom stereocenters. The highest BCUT2D eigenvalue weighted by Gasteiger charge is 2.37. The van der Waals surface area contributed by atoms with Crippen LogP contribution in [0.25, 0.3) is 0 Å². The van der Waals surface area contributed by atoms with Gasteiger partial charge in [0.05, 0.1) is 12.2 Å². The van der Waals surface area contributed by atoms with E-state index in [0.717, 1.165) is 39.3 Å². The first-order chi connectivity index (χ1) is 8.86. The number of hydrogen-bond acceptors (Lipinski definition) is 4. The van der Waals surface area contributed by atoms with Crippen molar-refractivity contribution >= 4 is 0 Å². The predicted molar refractivity (Wildman–Crippen MR) is 70.3 cm³/mol. The minimum absolute atomic E-state index is 0.0543. The number of hydrogen-bond donors (Lipinski definition) is 1. The maximum atomic E-state index is 6.05. The van der Waals surface area contributed by atoms with E-state index in [1.807, 2.05) is 18.5 Å². The van der Waals surface area contributed by atoms with Crippen LogP contribution in [0.4, 0.5) is 0 Å². The van der Waals surface area contributed by atoms with Gasteiger partial charge in [0.25, 0.3) is 0 Å². The molecule has 2 saturated heterocycles. The molecule has 4 heteroatoms. The summed E-state index contributed by atoms with van der Waals surface area (Å²) >= 11 is 0. The highest BCUT2D eigenvalue weighted by atomic mass is 16.5. The molecule has 0 radical (unpaired) electrons. The zero-order valence-electron chi connectivity index (χ0n) is 10.8. The van der Waals surface area contributed by atoms with Crippen LogP contribution in [-0.2, 0) is 11.3 Å². The molecule has 18 heavy (non-hydrogen) atoms. The molecule has 1 aromatic heterocycles. The van der Waals surface area contributed by atoms with Gasteiger partial charge in [-0.25, -0.2) is 0 Å². The molecular formula is C14H21N3O. The lowest BCUT2D eigenvalue weighted by Crippen LogP contribution is -2.58. The van der Waals surface area contributed by atoms with Crippen molar-refractivity contribution < 1.29 is 4.74 Å². The molecule has 0 saturated carbocycles. The summed E-state index contributed by atoms with van der Waals surface area (Å²) in [6.45, 7) is 6.02. The van der Waals surface area contributed by atoms with Crippen LogP contribution >= 0.6 is 0 Å². The molecule has 2 aliphatic rings. The molecule has 0 bridgehead atoms. The van der Waals surface area contributed by atoms with E-state index in [1.165, 1.54) is 18.4 Å². The number of piperidine rings is 1. The van der Waals surface area contributed by atoms with Crippen LogP contribution in [0.3, 0.4) is 0 Å². The fourth-order valence-electron chi connectivity index (χ4n) is 3.01. The van der Waals surface area contributed by atoms with Crippen molar-refractivity contribution in [1.29, 1.82) is 0 Å². The third-order valence-corrected chi connectivity index (χ3v) is 3.89. The molecule has 98 valence electrons. The van der Waals surface area contributed by atoms with Crippen LogP contribution < -0.4 is 5.32 Å². The molecule has 1 spiro atoms. The highest BCUT2D eigenvalue weighted by Crippen LogP contribution is 2.26. The summed E-state index contributed by atoms with van der Waals surface area (Å²) in [7, 11) is 0. The monoisotopic (exact) mass is 247 g/mol. The number of aromatic nitrogens is 1. The normalized spacial score (nSPS) is 29.6. The minimum atomic E-state index is 0.0543. The Labute approximate surface area is 108 Å². The van der Waals surface area contributed by atoms with Gasteiger partial charge in [-0.1, -0.05) is 6.07 Å². The Bertz CT molecular complexity index is 370. The summed E-state index contributed by atoms with van der Waals surface area (Å²) in [5, 5.41) is 3.47. The fraction of sp³-hybridized carbons (Fsp3) is 0.643. The smallest absolute Gasteiger partial charge is 0.0933 e. The highest BCUT2D eigenvalue weighted by molar-refractivity contribution is 5.08. The second-order valence-corrected chi connectivity index (χ2v) is 5.38. The SMILES string of the molecule is c1cncc(CN2CCO[C@@]3(CCCNC3)C2)c1. The standard InChI is InChI=1S/C14H21N3O/c1-3-13(9-15-5-1)10-17-7-8-18-14(12-17)4-2-6-16-11-14/h1,3,5,9,16H,2,4,6-8,10-12H2/t14-/m1/s1. The second-order valence-electron chi connectivity index (χ2n) is 5.38. The molecule has 0 unspecified atom stereocenters. The van der Waals surface area contributed by atoms with Crippen molar-refractivity contribution in [2.45, 2.75) is 25.0 Å². The zero-order chi connectivity index (χ0) is 12.3. The van der Waals surface area contributed by atoms with E-state index in [2.05, 4.69) is 21.3 Å². The molecular weight excluding hydrogens is 226 g/mol. The van der Waals surface area contributed by atoms with Crippen LogP contribution in [0.1, 0.15) is 18.4 Å². The summed E-state index contributed by atoms with van der Waals surface area (Å²) < 4.78 is 6.05. The third kappa shape index (κ3) is 2.71. The molecule has 3 rings (SSSR count). The van der Waals surface area contributed by atoms with Gasteiger partial charge in [0, 0.05) is 38.6 Å². The van der Waals surface area contributed by atoms with E-state index in [-0.39, 0.29) is 5.60 Å². The van der Waals surface area contributed by atoms with Crippen LogP contribution in [0.2, 0.25) is 0 Å². The Hall–Kier alpha value is -0.970. The van der Waals surface area contributed by atoms with Gasteiger partial charge in [0.2, 0.25) is 0 Å². The van der Waals surface area contributed by atoms with E-state index < -0.39 is 0 Å². The number of pyridine rings is 1. The zero-order valence-corrected chi connectivity index (χ0v) is 10.8. The van der Waals surface area contributed by atoms with Gasteiger partial charge in [-0.15, -0.1) is 0 Å². The summed E-state index contributed by atoms with van der Waals surface area (Å²) in [6.07, 6.45) is 6.20. The molecule has 1 aromatic rings. The molecule has 1 N–H and O–H groups in total. The van der Waals surface area contributed by atoms with Crippen LogP contribution in [0.15, 0.2) is 24.5 Å². The molecule has 0 aromatic carbocycles. The molecule has 4 nitrogen and oxygen atoms in total. The van der Waals surface area contributed by atoms with Crippen LogP contribution in [0, 0.1) is 0 Å². The molecule has 2 fully saturated rings. The van der Waals surface area contributed by atoms with Gasteiger partial charge in [0.1, 0.15) is 0 Å². The van der Waals surface area contributed by atoms with Gasteiger partial charge >= 0.3 is 0 Å². The molecule has 3 heterocycles. The van der Waals surface area contributed by atoms with E-state index in [4.69, 9.17) is 4.74 Å². The van der Waals surface area contributed by atoms with Crippen LogP contribution in [-0.4, -0.2) is 48.3 Å². The van der Waals surface area contributed by atoms with Crippen molar-refractivity contribution in [3.63, 3.8) is 0 Å². The van der Waals surface area contributed by atoms with Gasteiger partial charge in [0.15, 0.2) is 0 Å². The summed E-state index contributed by atoms with van der Waals surface area (Å²) in [5.41, 5.74) is 1.34. The summed E-state index contributed by atoms with van der Waals surface area (Å²) in [5.74, 6) is 0. The van der Waals surface area contributed by atoms with Crippen molar-refractivity contribution in [2.24, 2.45) is 0 Å². The average Bonchev–Trinajstić information content (AvgIpc) is 2.41. The number of rotatable bonds is 2. The maximum absolute atomic E-state index is 6.05. The number of nitrogens with zero attached hydrogens (tertiary/aromatic N) is 2. The first-order valence-corrected chi connectivity index (χ1v) is 6.82. The lowest BCUT2D eigenvalue weighted by atomic mass is 9.92. The summed E-state index contributed by atoms with van der Waals surface area (Å²) in [4.78, 5) is 6.68. The molecule has 2 aliphatic heterocycles. The third-order valence-electron chi connectivity index (χ3n) is 3.89. The lowest BCUT2D eigenvalue weighted by Gasteiger charge is -2.45. The number of morpholine rings is 1. The maximum Gasteiger partial charge on any atom is 0.0933 e. The lowest BCUT2D eigenvalue weighted by molar-refractivity contribution is -0.121. The summed E-state index contributed by atoms with van der Waals surface area (Å²) in [6, 6.07) is 4.15. The fourth-order valence-corrected chi connectivity index (χ4v) is 3.01. The predicted octanol–water partition coefficient (Wildman–Crippen LogP) is 1.04. The van der Waals surface area contributed by atoms with E-state index in [0.29, 0.717) is 0 Å². The Morgan fingerprint density at radius 1 is 1.50 bits per heavy atom. The minimum Gasteiger partial charge on any atom is -0.371 e. The van der Waals surface area contributed by atoms with Gasteiger partial charge in [-0.2, -0.15) is 0 Å². The number of ether oxygens (including phenoxy) is 1. The first-order valence-electron chi connectivity index (χ1n) is 6.82. The Kier molecular flexibility index (Phi) is 3.59. The van der Waals surface area contributed by atoms with E-state index in [1.54, 1.807) is 0 Å². The second kappa shape index (κ2) is 5.34. The van der Waals surface area contributed by atoms with Crippen molar-refractivity contribution in [3.05, 3.63) is 30.1 Å². The van der Waals surface area contributed by atoms with Crippen molar-refractivity contribution in [1.82, 2.24) is 15.2 Å². The van der Waals surface area contributed by atoms with Gasteiger partial charge < -0.3 is 10.1 Å². The Morgan fingerprint density at radius 3 is 3.28 bits per heavy atom. The van der Waals surface area contributed by atoms with Gasteiger partial charge in [-0.05, 0) is 31.0 Å². The quantitative estimate of drug-likeness (QED) is 0.847. The van der Waals surface area contributed by atoms with Crippen molar-refractivity contribution in [3.8, 4) is 0 Å². The number of nitrogens with one attached hydrogen (secondary N) is 1. The van der Waals surface area contributed by atoms with E-state index >= 15 is 0 Å². The first kappa shape index (κ1) is 12.1. The molecule has 0 amide bonds. The topological polar surface area (TPSA) is 37.4 Å². The van der Waals surface area contributed by atoms with E-state index in [9.17, 15) is 0 Å². The van der Waals surface area contributed by atoms with Crippen molar-refractivity contribution in [2.75, 3.05) is 32.8 Å². The van der Waals surface area contributed by atoms with Crippen LogP contribution in [0.5, 0.6) is 0 Å². The Morgan fingerprint density at radius 2 is 2.50 bits per heavy atom. The average molecular weight is 247 g/mol. The Balaban J connectivity index is 1.63. The van der Waals surface area contributed by atoms with Gasteiger partial charge in [-0.3, -0.25) is 9.88 Å².